The second kappa shape index (κ2) is 5.74. The van der Waals surface area contributed by atoms with Crippen LogP contribution in [-0.2, 0) is 4.79 Å². The minimum Gasteiger partial charge on any atom is -0.479 e. The molecule has 1 aromatic heterocycles. The van der Waals surface area contributed by atoms with Crippen molar-refractivity contribution in [3.8, 4) is 10.6 Å². The van der Waals surface area contributed by atoms with Gasteiger partial charge in [-0.15, -0.1) is 10.2 Å². The summed E-state index contributed by atoms with van der Waals surface area (Å²) < 4.78 is 0. The van der Waals surface area contributed by atoms with E-state index in [0.717, 1.165) is 5.56 Å². The Bertz CT molecular complexity index is 630. The Kier molecular flexibility index (Phi) is 4.22. The van der Waals surface area contributed by atoms with Crippen LogP contribution in [0.15, 0.2) is 24.3 Å². The molecule has 1 unspecified atom stereocenters. The third kappa shape index (κ3) is 3.24. The van der Waals surface area contributed by atoms with E-state index in [9.17, 15) is 9.90 Å². The molecular formula is C12H12ClN3O3S. The molecule has 2 aromatic rings. The van der Waals surface area contributed by atoms with Crippen LogP contribution >= 0.6 is 22.9 Å². The van der Waals surface area contributed by atoms with Gasteiger partial charge in [-0.1, -0.05) is 41.1 Å². The maximum absolute atomic E-state index is 10.8. The fourth-order valence-corrected chi connectivity index (χ4v) is 2.42. The number of carbonyl (C=O) groups is 1. The molecule has 0 radical (unpaired) electrons. The van der Waals surface area contributed by atoms with Crippen LogP contribution in [-0.4, -0.2) is 38.5 Å². The Hall–Kier alpha value is -1.70. The van der Waals surface area contributed by atoms with E-state index >= 15 is 0 Å². The van der Waals surface area contributed by atoms with Gasteiger partial charge in [-0.3, -0.25) is 0 Å². The second-order valence-corrected chi connectivity index (χ2v) is 5.71. The van der Waals surface area contributed by atoms with Crippen LogP contribution in [0.4, 0.5) is 5.13 Å². The predicted molar refractivity (Wildman–Crippen MR) is 77.1 cm³/mol. The lowest BCUT2D eigenvalue weighted by atomic mass is 10.1. The molecular weight excluding hydrogens is 302 g/mol. The second-order valence-electron chi connectivity index (χ2n) is 4.32. The number of nitrogens with one attached hydrogen (secondary N) is 1. The monoisotopic (exact) mass is 313 g/mol. The molecule has 1 aromatic carbocycles. The third-order valence-electron chi connectivity index (χ3n) is 2.57. The fourth-order valence-electron chi connectivity index (χ4n) is 1.36. The normalized spacial score (nSPS) is 13.8. The van der Waals surface area contributed by atoms with Gasteiger partial charge in [0.2, 0.25) is 5.13 Å². The van der Waals surface area contributed by atoms with Gasteiger partial charge in [0.15, 0.2) is 10.6 Å². The lowest BCUT2D eigenvalue weighted by molar-refractivity contribution is -0.155. The number of hydrogen-bond acceptors (Lipinski definition) is 6. The molecule has 0 spiro atoms. The Labute approximate surface area is 124 Å². The number of rotatable bonds is 5. The average Bonchev–Trinajstić information content (AvgIpc) is 2.85. The van der Waals surface area contributed by atoms with Crippen molar-refractivity contribution in [2.75, 3.05) is 11.9 Å². The van der Waals surface area contributed by atoms with Crippen LogP contribution in [0.3, 0.4) is 0 Å². The highest BCUT2D eigenvalue weighted by atomic mass is 35.5. The molecule has 0 amide bonds. The van der Waals surface area contributed by atoms with Crippen molar-refractivity contribution in [1.29, 1.82) is 0 Å². The van der Waals surface area contributed by atoms with Crippen molar-refractivity contribution in [3.05, 3.63) is 29.3 Å². The van der Waals surface area contributed by atoms with E-state index in [1.807, 2.05) is 18.2 Å². The minimum atomic E-state index is -1.86. The largest absolute Gasteiger partial charge is 0.479 e. The van der Waals surface area contributed by atoms with Crippen LogP contribution in [0.25, 0.3) is 10.6 Å². The Balaban J connectivity index is 2.11. The van der Waals surface area contributed by atoms with E-state index in [4.69, 9.17) is 16.7 Å². The SMILES string of the molecule is CC(O)(CNc1nnc(-c2ccccc2Cl)s1)C(=O)O. The highest BCUT2D eigenvalue weighted by Crippen LogP contribution is 2.31. The van der Waals surface area contributed by atoms with Gasteiger partial charge in [0, 0.05) is 5.56 Å². The van der Waals surface area contributed by atoms with Gasteiger partial charge in [-0.05, 0) is 13.0 Å². The van der Waals surface area contributed by atoms with Gasteiger partial charge in [-0.2, -0.15) is 0 Å². The van der Waals surface area contributed by atoms with Gasteiger partial charge in [-0.25, -0.2) is 4.79 Å². The third-order valence-corrected chi connectivity index (χ3v) is 3.82. The fraction of sp³-hybridized carbons (Fsp3) is 0.250. The molecule has 106 valence electrons. The molecule has 6 nitrogen and oxygen atoms in total. The summed E-state index contributed by atoms with van der Waals surface area (Å²) in [4.78, 5) is 10.8. The summed E-state index contributed by atoms with van der Waals surface area (Å²) >= 11 is 7.29. The van der Waals surface area contributed by atoms with Crippen LogP contribution < -0.4 is 5.32 Å². The number of halogens is 1. The first-order valence-corrected chi connectivity index (χ1v) is 6.87. The topological polar surface area (TPSA) is 95.3 Å². The van der Waals surface area contributed by atoms with Crippen molar-refractivity contribution in [2.45, 2.75) is 12.5 Å². The number of aromatic nitrogens is 2. The first kappa shape index (κ1) is 14.7. The molecule has 20 heavy (non-hydrogen) atoms. The zero-order valence-electron chi connectivity index (χ0n) is 10.5. The summed E-state index contributed by atoms with van der Waals surface area (Å²) in [6.07, 6.45) is 0. The van der Waals surface area contributed by atoms with Crippen molar-refractivity contribution < 1.29 is 15.0 Å². The van der Waals surface area contributed by atoms with Gasteiger partial charge >= 0.3 is 5.97 Å². The van der Waals surface area contributed by atoms with E-state index in [0.29, 0.717) is 15.2 Å². The lowest BCUT2D eigenvalue weighted by Crippen LogP contribution is -2.41. The molecule has 0 saturated heterocycles. The summed E-state index contributed by atoms with van der Waals surface area (Å²) in [5.74, 6) is -1.30. The number of hydrogen-bond donors (Lipinski definition) is 3. The van der Waals surface area contributed by atoms with Crippen molar-refractivity contribution >= 4 is 34.0 Å². The minimum absolute atomic E-state index is 0.167. The molecule has 8 heteroatoms. The average molecular weight is 314 g/mol. The zero-order chi connectivity index (χ0) is 14.8. The number of carboxylic acid groups (broad SMARTS) is 1. The molecule has 1 heterocycles. The van der Waals surface area contributed by atoms with Crippen LogP contribution in [0.2, 0.25) is 5.02 Å². The zero-order valence-corrected chi connectivity index (χ0v) is 12.1. The number of benzene rings is 1. The quantitative estimate of drug-likeness (QED) is 0.782. The Morgan fingerprint density at radius 3 is 2.80 bits per heavy atom. The van der Waals surface area contributed by atoms with E-state index in [-0.39, 0.29) is 6.54 Å². The number of nitrogens with zero attached hydrogens (tertiary/aromatic N) is 2. The molecule has 2 rings (SSSR count). The van der Waals surface area contributed by atoms with E-state index in [1.54, 1.807) is 6.07 Å². The summed E-state index contributed by atoms with van der Waals surface area (Å²) in [6.45, 7) is 1.04. The predicted octanol–water partition coefficient (Wildman–Crippen LogP) is 2.11. The van der Waals surface area contributed by atoms with Gasteiger partial charge in [0.25, 0.3) is 0 Å². The van der Waals surface area contributed by atoms with Crippen LogP contribution in [0.5, 0.6) is 0 Å². The maximum Gasteiger partial charge on any atom is 0.337 e. The van der Waals surface area contributed by atoms with Crippen LogP contribution in [0, 0.1) is 0 Å². The van der Waals surface area contributed by atoms with Crippen molar-refractivity contribution in [3.63, 3.8) is 0 Å². The Morgan fingerprint density at radius 2 is 2.15 bits per heavy atom. The molecule has 0 aliphatic heterocycles. The van der Waals surface area contributed by atoms with Crippen molar-refractivity contribution in [2.24, 2.45) is 0 Å². The highest BCUT2D eigenvalue weighted by molar-refractivity contribution is 7.18. The van der Waals surface area contributed by atoms with Crippen molar-refractivity contribution in [1.82, 2.24) is 10.2 Å². The summed E-state index contributed by atoms with van der Waals surface area (Å²) in [5.41, 5.74) is -1.11. The number of aliphatic hydroxyl groups is 1. The van der Waals surface area contributed by atoms with Gasteiger partial charge in [0.1, 0.15) is 0 Å². The summed E-state index contributed by atoms with van der Waals surface area (Å²) in [7, 11) is 0. The Morgan fingerprint density at radius 1 is 1.45 bits per heavy atom. The maximum atomic E-state index is 10.8. The molecule has 3 N–H and O–H groups in total. The molecule has 0 saturated carbocycles. The first-order chi connectivity index (χ1) is 9.40. The molecule has 1 atom stereocenters. The first-order valence-electron chi connectivity index (χ1n) is 5.68. The van der Waals surface area contributed by atoms with E-state index < -0.39 is 11.6 Å². The number of carboxylic acids is 1. The summed E-state index contributed by atoms with van der Waals surface area (Å²) in [6, 6.07) is 7.22. The van der Waals surface area contributed by atoms with Crippen LogP contribution in [0.1, 0.15) is 6.92 Å². The van der Waals surface area contributed by atoms with E-state index in [2.05, 4.69) is 15.5 Å². The van der Waals surface area contributed by atoms with E-state index in [1.165, 1.54) is 18.3 Å². The standard InChI is InChI=1S/C12H12ClN3O3S/c1-12(19,10(17)18)6-14-11-16-15-9(20-11)7-4-2-3-5-8(7)13/h2-5,19H,6H2,1H3,(H,14,16)(H,17,18). The highest BCUT2D eigenvalue weighted by Gasteiger charge is 2.29. The molecule has 0 bridgehead atoms. The number of aliphatic carboxylic acids is 1. The molecule has 0 fully saturated rings. The number of anilines is 1. The van der Waals surface area contributed by atoms with Gasteiger partial charge in [0.05, 0.1) is 11.6 Å². The molecule has 0 aliphatic carbocycles. The van der Waals surface area contributed by atoms with Gasteiger partial charge < -0.3 is 15.5 Å². The smallest absolute Gasteiger partial charge is 0.337 e. The summed E-state index contributed by atoms with van der Waals surface area (Å²) in [5, 5.41) is 30.6. The lowest BCUT2D eigenvalue weighted by Gasteiger charge is -2.17. The molecule has 0 aliphatic rings.